The van der Waals surface area contributed by atoms with E-state index in [0.29, 0.717) is 18.8 Å². The quantitative estimate of drug-likeness (QED) is 0.529. The van der Waals surface area contributed by atoms with Gasteiger partial charge in [0.15, 0.2) is 6.04 Å². The average molecular weight is 474 g/mol. The Labute approximate surface area is 201 Å². The minimum absolute atomic E-state index is 0.0872. The van der Waals surface area contributed by atoms with Crippen molar-refractivity contribution in [2.45, 2.75) is 12.6 Å². The largest absolute Gasteiger partial charge is 0.378 e. The number of allylic oxidation sites excluding steroid dienone is 2. The van der Waals surface area contributed by atoms with Gasteiger partial charge in [-0.3, -0.25) is 19.3 Å². The van der Waals surface area contributed by atoms with Gasteiger partial charge in [-0.15, -0.1) is 0 Å². The molecule has 1 N–H and O–H groups in total. The van der Waals surface area contributed by atoms with Crippen LogP contribution in [0.2, 0.25) is 0 Å². The van der Waals surface area contributed by atoms with Crippen molar-refractivity contribution >= 4 is 34.7 Å². The lowest BCUT2D eigenvalue weighted by atomic mass is 9.99. The fourth-order valence-electron chi connectivity index (χ4n) is 4.21. The van der Waals surface area contributed by atoms with E-state index < -0.39 is 23.6 Å². The number of morpholine rings is 1. The number of nitrogens with zero attached hydrogens (tertiary/aromatic N) is 3. The highest BCUT2D eigenvalue weighted by molar-refractivity contribution is 6.47. The monoisotopic (exact) mass is 474 g/mol. The number of fused-ring (bicyclic) bond motifs is 1. The second-order valence-corrected chi connectivity index (χ2v) is 8.31. The summed E-state index contributed by atoms with van der Waals surface area (Å²) in [6.45, 7) is 2.89. The number of hydrogen-bond donors (Lipinski definition) is 1. The van der Waals surface area contributed by atoms with Gasteiger partial charge in [0.2, 0.25) is 0 Å². The van der Waals surface area contributed by atoms with Crippen LogP contribution in [-0.2, 0) is 25.7 Å². The van der Waals surface area contributed by atoms with E-state index in [-0.39, 0.29) is 18.2 Å². The van der Waals surface area contributed by atoms with Crippen LogP contribution in [0.4, 0.5) is 10.1 Å². The zero-order valence-corrected chi connectivity index (χ0v) is 18.8. The normalized spacial score (nSPS) is 19.7. The summed E-state index contributed by atoms with van der Waals surface area (Å²) in [4.78, 5) is 46.0. The van der Waals surface area contributed by atoms with E-state index in [9.17, 15) is 18.8 Å². The lowest BCUT2D eigenvalue weighted by Gasteiger charge is -2.32. The molecule has 0 radical (unpaired) electrons. The van der Waals surface area contributed by atoms with Crippen LogP contribution in [0, 0.1) is 5.82 Å². The first-order valence-corrected chi connectivity index (χ1v) is 11.3. The summed E-state index contributed by atoms with van der Waals surface area (Å²) in [5, 5.41) is 2.60. The molecule has 178 valence electrons. The molecule has 1 fully saturated rings. The molecule has 9 heteroatoms. The third kappa shape index (κ3) is 4.63. The number of carbonyl (C=O) groups is 3. The van der Waals surface area contributed by atoms with Gasteiger partial charge in [-0.05, 0) is 35.9 Å². The number of nitrogens with one attached hydrogen (secondary N) is 1. The number of benzene rings is 2. The molecule has 0 bridgehead atoms. The average Bonchev–Trinajstić information content (AvgIpc) is 2.90. The van der Waals surface area contributed by atoms with Gasteiger partial charge in [0.25, 0.3) is 11.7 Å². The molecule has 1 saturated heterocycles. The molecule has 2 amide bonds. The number of aliphatic imine (C=N–C) groups is 1. The van der Waals surface area contributed by atoms with Crippen LogP contribution < -0.4 is 10.2 Å². The van der Waals surface area contributed by atoms with Gasteiger partial charge >= 0.3 is 5.91 Å². The zero-order chi connectivity index (χ0) is 24.4. The number of anilines is 1. The predicted octanol–water partition coefficient (Wildman–Crippen LogP) is 2.07. The van der Waals surface area contributed by atoms with Gasteiger partial charge < -0.3 is 15.0 Å². The summed E-state index contributed by atoms with van der Waals surface area (Å²) in [7, 11) is 0. The number of Topliss-reactive ketones (excluding diaryl/α,β-unsaturated/α-hetero) is 1. The molecular weight excluding hydrogens is 451 g/mol. The van der Waals surface area contributed by atoms with E-state index >= 15 is 0 Å². The van der Waals surface area contributed by atoms with Crippen LogP contribution in [0.1, 0.15) is 11.1 Å². The van der Waals surface area contributed by atoms with E-state index in [2.05, 4.69) is 15.2 Å². The lowest BCUT2D eigenvalue weighted by Crippen LogP contribution is -2.52. The number of amidine groups is 1. The number of carbonyl (C=O) groups excluding carboxylic acids is 3. The predicted molar refractivity (Wildman–Crippen MR) is 128 cm³/mol. The van der Waals surface area contributed by atoms with E-state index in [1.807, 2.05) is 30.3 Å². The van der Waals surface area contributed by atoms with Gasteiger partial charge in [0.05, 0.1) is 13.2 Å². The summed E-state index contributed by atoms with van der Waals surface area (Å²) in [5.74, 6) is -2.56. The molecule has 2 aromatic rings. The Bertz CT molecular complexity index is 1260. The molecular formula is C26H23FN4O4. The van der Waals surface area contributed by atoms with Gasteiger partial charge in [0.1, 0.15) is 11.7 Å². The van der Waals surface area contributed by atoms with Crippen molar-refractivity contribution in [3.8, 4) is 0 Å². The van der Waals surface area contributed by atoms with Crippen LogP contribution >= 0.6 is 0 Å². The maximum absolute atomic E-state index is 13.1. The lowest BCUT2D eigenvalue weighted by molar-refractivity contribution is -0.144. The van der Waals surface area contributed by atoms with Crippen LogP contribution in [0.3, 0.4) is 0 Å². The first kappa shape index (κ1) is 22.7. The van der Waals surface area contributed by atoms with Crippen molar-refractivity contribution in [1.29, 1.82) is 0 Å². The van der Waals surface area contributed by atoms with Gasteiger partial charge in [0, 0.05) is 42.7 Å². The standard InChI is InChI=1S/C26H23FN4O4/c27-19-8-5-17(6-9-19)15-28-25(33)23-24(32)26(34)31-16-18(7-10-22(31)29-23)20-3-1-2-4-21(20)30-11-13-35-14-12-30/h1-10,16,23H,11-15H2,(H,28,33). The van der Waals surface area contributed by atoms with Crippen LogP contribution in [0.15, 0.2) is 71.9 Å². The Morgan fingerprint density at radius 3 is 2.57 bits per heavy atom. The van der Waals surface area contributed by atoms with E-state index in [4.69, 9.17) is 4.74 Å². The Hall–Kier alpha value is -4.11. The van der Waals surface area contributed by atoms with Crippen molar-refractivity contribution in [1.82, 2.24) is 10.2 Å². The number of para-hydroxylation sites is 1. The van der Waals surface area contributed by atoms with Gasteiger partial charge in [-0.2, -0.15) is 0 Å². The van der Waals surface area contributed by atoms with Crippen molar-refractivity contribution in [3.05, 3.63) is 83.8 Å². The van der Waals surface area contributed by atoms with E-state index in [1.54, 1.807) is 12.3 Å². The SMILES string of the molecule is O=C(NCc1ccc(F)cc1)C1N=C2C=CC(c3ccccc3N3CCOCC3)=CN2C(=O)C1=O. The summed E-state index contributed by atoms with van der Waals surface area (Å²) >= 11 is 0. The Balaban J connectivity index is 1.35. The molecule has 0 aromatic heterocycles. The molecule has 3 aliphatic rings. The van der Waals surface area contributed by atoms with E-state index in [0.717, 1.165) is 29.9 Å². The Kier molecular flexibility index (Phi) is 6.24. The van der Waals surface area contributed by atoms with E-state index in [1.165, 1.54) is 29.2 Å². The summed E-state index contributed by atoms with van der Waals surface area (Å²) in [6, 6.07) is 12.0. The van der Waals surface area contributed by atoms with Crippen LogP contribution in [0.5, 0.6) is 0 Å². The maximum atomic E-state index is 13.1. The van der Waals surface area contributed by atoms with Crippen LogP contribution in [-0.4, -0.2) is 60.7 Å². The fourth-order valence-corrected chi connectivity index (χ4v) is 4.21. The maximum Gasteiger partial charge on any atom is 0.302 e. The molecule has 3 aliphatic heterocycles. The third-order valence-electron chi connectivity index (χ3n) is 6.06. The number of halogens is 1. The molecule has 8 nitrogen and oxygen atoms in total. The van der Waals surface area contributed by atoms with Crippen molar-refractivity contribution in [3.63, 3.8) is 0 Å². The van der Waals surface area contributed by atoms with Crippen molar-refractivity contribution in [2.24, 2.45) is 4.99 Å². The minimum atomic E-state index is -1.46. The summed E-state index contributed by atoms with van der Waals surface area (Å²) in [6.07, 6.45) is 5.05. The molecule has 0 aliphatic carbocycles. The number of hydrogen-bond acceptors (Lipinski definition) is 6. The topological polar surface area (TPSA) is 91.3 Å². The number of rotatable bonds is 5. The number of ketones is 1. The summed E-state index contributed by atoms with van der Waals surface area (Å²) < 4.78 is 18.5. The Morgan fingerprint density at radius 2 is 1.80 bits per heavy atom. The molecule has 2 aromatic carbocycles. The molecule has 3 heterocycles. The first-order valence-electron chi connectivity index (χ1n) is 11.3. The second-order valence-electron chi connectivity index (χ2n) is 8.31. The minimum Gasteiger partial charge on any atom is -0.378 e. The van der Waals surface area contributed by atoms with Gasteiger partial charge in [-0.1, -0.05) is 30.3 Å². The highest BCUT2D eigenvalue weighted by Gasteiger charge is 2.40. The molecule has 5 rings (SSSR count). The molecule has 1 unspecified atom stereocenters. The molecule has 0 spiro atoms. The fraction of sp³-hybridized carbons (Fsp3) is 0.231. The highest BCUT2D eigenvalue weighted by atomic mass is 19.1. The smallest absolute Gasteiger partial charge is 0.302 e. The molecule has 0 saturated carbocycles. The number of amides is 2. The number of ether oxygens (including phenoxy) is 1. The van der Waals surface area contributed by atoms with Crippen LogP contribution in [0.25, 0.3) is 5.57 Å². The molecule has 1 atom stereocenters. The first-order chi connectivity index (χ1) is 17.0. The zero-order valence-electron chi connectivity index (χ0n) is 18.8. The molecule has 35 heavy (non-hydrogen) atoms. The highest BCUT2D eigenvalue weighted by Crippen LogP contribution is 2.31. The van der Waals surface area contributed by atoms with Crippen molar-refractivity contribution in [2.75, 3.05) is 31.2 Å². The third-order valence-corrected chi connectivity index (χ3v) is 6.06. The summed E-state index contributed by atoms with van der Waals surface area (Å²) in [5.41, 5.74) is 3.35. The Morgan fingerprint density at radius 1 is 1.06 bits per heavy atom. The van der Waals surface area contributed by atoms with Gasteiger partial charge in [-0.25, -0.2) is 9.38 Å². The second kappa shape index (κ2) is 9.63. The van der Waals surface area contributed by atoms with Crippen molar-refractivity contribution < 1.29 is 23.5 Å².